The fourth-order valence-electron chi connectivity index (χ4n) is 4.87. The Labute approximate surface area is 256 Å². The van der Waals surface area contributed by atoms with Gasteiger partial charge in [0.15, 0.2) is 0 Å². The molecule has 226 valence electrons. The van der Waals surface area contributed by atoms with E-state index in [2.05, 4.69) is 47.3 Å². The summed E-state index contributed by atoms with van der Waals surface area (Å²) in [4.78, 5) is 26.9. The number of aromatic amines is 2. The van der Waals surface area contributed by atoms with Crippen molar-refractivity contribution in [3.8, 4) is 22.5 Å². The van der Waals surface area contributed by atoms with Crippen molar-refractivity contribution in [3.05, 3.63) is 90.9 Å². The number of nitrogens with zero attached hydrogens (tertiary/aromatic N) is 4. The van der Waals surface area contributed by atoms with Crippen molar-refractivity contribution in [2.45, 2.75) is 20.8 Å². The fraction of sp³-hybridized carbons (Fsp3) is 0.235. The van der Waals surface area contributed by atoms with Crippen LogP contribution < -0.4 is 10.6 Å². The second kappa shape index (κ2) is 13.0. The first kappa shape index (κ1) is 30.4. The highest BCUT2D eigenvalue weighted by Crippen LogP contribution is 2.35. The summed E-state index contributed by atoms with van der Waals surface area (Å²) in [6, 6.07) is 8.95. The van der Waals surface area contributed by atoms with Gasteiger partial charge in [-0.3, -0.25) is 19.9 Å². The number of amides is 1. The number of hydrogen-bond acceptors (Lipinski definition) is 6. The maximum absolute atomic E-state index is 14.7. The Morgan fingerprint density at radius 2 is 1.91 bits per heavy atom. The lowest BCUT2D eigenvalue weighted by atomic mass is 10.0. The number of fused-ring (bicyclic) bond motifs is 2. The van der Waals surface area contributed by atoms with Crippen LogP contribution in [-0.2, 0) is 4.79 Å². The van der Waals surface area contributed by atoms with Crippen LogP contribution in [0.15, 0.2) is 79.4 Å². The van der Waals surface area contributed by atoms with Gasteiger partial charge in [0.05, 0.1) is 34.8 Å². The summed E-state index contributed by atoms with van der Waals surface area (Å²) < 4.78 is 14.7. The summed E-state index contributed by atoms with van der Waals surface area (Å²) in [5.41, 5.74) is 7.46. The second-order valence-electron chi connectivity index (χ2n) is 11.2. The largest absolute Gasteiger partial charge is 0.384 e. The molecule has 0 aliphatic rings. The molecular formula is C34H37FN8O. The number of H-pyrrole nitrogens is 2. The Balaban J connectivity index is 1.51. The Morgan fingerprint density at radius 3 is 2.64 bits per heavy atom. The van der Waals surface area contributed by atoms with Gasteiger partial charge >= 0.3 is 0 Å². The Kier molecular flexibility index (Phi) is 9.01. The molecule has 1 amide bonds. The summed E-state index contributed by atoms with van der Waals surface area (Å²) in [5.74, 6) is -0.567. The van der Waals surface area contributed by atoms with Crippen molar-refractivity contribution < 1.29 is 9.18 Å². The van der Waals surface area contributed by atoms with Gasteiger partial charge in [-0.2, -0.15) is 5.10 Å². The molecule has 5 rings (SSSR count). The molecule has 0 radical (unpaired) electrons. The van der Waals surface area contributed by atoms with E-state index in [1.165, 1.54) is 12.1 Å². The van der Waals surface area contributed by atoms with E-state index < -0.39 is 0 Å². The molecule has 0 atom stereocenters. The lowest BCUT2D eigenvalue weighted by Gasteiger charge is -2.13. The van der Waals surface area contributed by atoms with Crippen LogP contribution in [0.3, 0.4) is 0 Å². The van der Waals surface area contributed by atoms with E-state index in [1.807, 2.05) is 65.2 Å². The number of allylic oxidation sites excluding steroid dienone is 4. The van der Waals surface area contributed by atoms with Gasteiger partial charge in [0.2, 0.25) is 5.91 Å². The van der Waals surface area contributed by atoms with Crippen molar-refractivity contribution in [1.82, 2.24) is 35.4 Å². The molecule has 0 aliphatic heterocycles. The predicted molar refractivity (Wildman–Crippen MR) is 176 cm³/mol. The lowest BCUT2D eigenvalue weighted by molar-refractivity contribution is -0.123. The maximum Gasteiger partial charge on any atom is 0.226 e. The van der Waals surface area contributed by atoms with E-state index in [0.717, 1.165) is 50.7 Å². The van der Waals surface area contributed by atoms with Crippen LogP contribution >= 0.6 is 0 Å². The van der Waals surface area contributed by atoms with Gasteiger partial charge in [0, 0.05) is 52.9 Å². The van der Waals surface area contributed by atoms with Gasteiger partial charge in [0.25, 0.3) is 0 Å². The van der Waals surface area contributed by atoms with Gasteiger partial charge in [-0.15, -0.1) is 0 Å². The Bertz CT molecular complexity index is 1900. The quantitative estimate of drug-likeness (QED) is 0.130. The topological polar surface area (TPSA) is 115 Å². The van der Waals surface area contributed by atoms with Crippen LogP contribution in [0.25, 0.3) is 49.9 Å². The number of carbonyl (C=O) groups excluding carboxylic acids is 1. The zero-order valence-corrected chi connectivity index (χ0v) is 25.6. The smallest absolute Gasteiger partial charge is 0.226 e. The molecule has 9 nitrogen and oxygen atoms in total. The molecule has 1 aromatic carbocycles. The molecule has 5 aromatic rings. The minimum atomic E-state index is -0.321. The molecule has 4 N–H and O–H groups in total. The molecule has 0 spiro atoms. The summed E-state index contributed by atoms with van der Waals surface area (Å²) in [6.07, 6.45) is 10.6. The third-order valence-electron chi connectivity index (χ3n) is 7.27. The van der Waals surface area contributed by atoms with Gasteiger partial charge in [0.1, 0.15) is 11.5 Å². The van der Waals surface area contributed by atoms with Crippen LogP contribution in [0.5, 0.6) is 0 Å². The van der Waals surface area contributed by atoms with Crippen molar-refractivity contribution in [2.24, 2.45) is 5.92 Å². The molecule has 0 bridgehead atoms. The Morgan fingerprint density at radius 1 is 1.09 bits per heavy atom. The van der Waals surface area contributed by atoms with Crippen molar-refractivity contribution >= 4 is 39.0 Å². The van der Waals surface area contributed by atoms with Crippen LogP contribution in [0.1, 0.15) is 26.5 Å². The molecule has 0 fully saturated rings. The van der Waals surface area contributed by atoms with Crippen LogP contribution in [0, 0.1) is 11.7 Å². The monoisotopic (exact) mass is 592 g/mol. The van der Waals surface area contributed by atoms with E-state index >= 15 is 0 Å². The average Bonchev–Trinajstić information content (AvgIpc) is 3.62. The molecule has 10 heteroatoms. The predicted octanol–water partition coefficient (Wildman–Crippen LogP) is 6.53. The minimum absolute atomic E-state index is 0.0881. The van der Waals surface area contributed by atoms with Crippen molar-refractivity contribution in [1.29, 1.82) is 0 Å². The number of rotatable bonds is 11. The number of pyridine rings is 2. The SMILES string of the molecule is C=C/C(=C\C(=C/C)c1cc2c(-c3cc4c(-c5cc(F)cc(NCCN(C)C)c5)cncc4[nH]3)n[nH]c2cn1)NC(=O)C(C)C. The normalized spacial score (nSPS) is 12.5. The zero-order chi connectivity index (χ0) is 31.4. The van der Waals surface area contributed by atoms with Crippen LogP contribution in [0.4, 0.5) is 10.1 Å². The summed E-state index contributed by atoms with van der Waals surface area (Å²) in [5, 5.41) is 15.7. The fourth-order valence-corrected chi connectivity index (χ4v) is 4.87. The van der Waals surface area contributed by atoms with Crippen LogP contribution in [-0.4, -0.2) is 63.1 Å². The second-order valence-corrected chi connectivity index (χ2v) is 11.2. The molecular weight excluding hydrogens is 555 g/mol. The van der Waals surface area contributed by atoms with E-state index in [-0.39, 0.29) is 17.6 Å². The molecule has 0 saturated heterocycles. The van der Waals surface area contributed by atoms with Crippen LogP contribution in [0.2, 0.25) is 0 Å². The number of anilines is 1. The number of benzene rings is 1. The number of hydrogen-bond donors (Lipinski definition) is 4. The standard InChI is InChI=1S/C34H37FN8O/c1-7-21(12-24(8-2)39-34(44)20(3)4)29-16-27-32(19-38-29)41-42-33(27)30-15-26-28(17-36-18-31(26)40-30)22-11-23(35)14-25(13-22)37-9-10-43(5)6/h7-8,11-20,37,40H,2,9-10H2,1,3-6H3,(H,39,44)(H,41,42)/b21-7+,24-12+. The maximum atomic E-state index is 14.7. The third-order valence-corrected chi connectivity index (χ3v) is 7.27. The molecule has 0 aliphatic carbocycles. The summed E-state index contributed by atoms with van der Waals surface area (Å²) >= 11 is 0. The number of nitrogens with one attached hydrogen (secondary N) is 4. The first-order chi connectivity index (χ1) is 21.2. The van der Waals surface area contributed by atoms with Gasteiger partial charge in [-0.05, 0) is 74.6 Å². The van der Waals surface area contributed by atoms with Crippen molar-refractivity contribution in [2.75, 3.05) is 32.5 Å². The van der Waals surface area contributed by atoms with Gasteiger partial charge in [-0.25, -0.2) is 4.39 Å². The van der Waals surface area contributed by atoms with E-state index in [1.54, 1.807) is 24.7 Å². The molecule has 4 heterocycles. The molecule has 44 heavy (non-hydrogen) atoms. The van der Waals surface area contributed by atoms with E-state index in [0.29, 0.717) is 29.3 Å². The van der Waals surface area contributed by atoms with E-state index in [4.69, 9.17) is 0 Å². The van der Waals surface area contributed by atoms with Gasteiger partial charge in [-0.1, -0.05) is 26.5 Å². The summed E-state index contributed by atoms with van der Waals surface area (Å²) in [7, 11) is 4.00. The number of halogens is 1. The Hall–Kier alpha value is -5.09. The highest BCUT2D eigenvalue weighted by molar-refractivity contribution is 6.01. The van der Waals surface area contributed by atoms with Gasteiger partial charge < -0.3 is 20.5 Å². The number of carbonyl (C=O) groups is 1. The highest BCUT2D eigenvalue weighted by atomic mass is 19.1. The average molecular weight is 593 g/mol. The number of aromatic nitrogens is 5. The van der Waals surface area contributed by atoms with Crippen molar-refractivity contribution in [3.63, 3.8) is 0 Å². The molecule has 0 unspecified atom stereocenters. The third kappa shape index (κ3) is 6.60. The zero-order valence-electron chi connectivity index (χ0n) is 25.6. The highest BCUT2D eigenvalue weighted by Gasteiger charge is 2.16. The lowest BCUT2D eigenvalue weighted by Crippen LogP contribution is -2.26. The summed E-state index contributed by atoms with van der Waals surface area (Å²) in [6.45, 7) is 11.0. The first-order valence-electron chi connectivity index (χ1n) is 14.5. The number of likely N-dealkylation sites (N-methyl/N-ethyl adjacent to an activating group) is 1. The first-order valence-corrected chi connectivity index (χ1v) is 14.5. The van der Waals surface area contributed by atoms with E-state index in [9.17, 15) is 9.18 Å². The molecule has 0 saturated carbocycles. The molecule has 4 aromatic heterocycles. The minimum Gasteiger partial charge on any atom is -0.384 e.